The number of nitrogens with one attached hydrogen (secondary N) is 2. The fourth-order valence-corrected chi connectivity index (χ4v) is 3.92. The zero-order valence-electron chi connectivity index (χ0n) is 16.2. The smallest absolute Gasteiger partial charge is 0.224 e. The lowest BCUT2D eigenvalue weighted by atomic mass is 10.0. The Morgan fingerprint density at radius 3 is 2.80 bits per heavy atom. The highest BCUT2D eigenvalue weighted by Crippen LogP contribution is 2.25. The quantitative estimate of drug-likeness (QED) is 0.633. The van der Waals surface area contributed by atoms with Crippen LogP contribution >= 0.6 is 11.6 Å². The molecule has 0 bridgehead atoms. The number of anilines is 1. The van der Waals surface area contributed by atoms with E-state index in [9.17, 15) is 13.6 Å². The summed E-state index contributed by atoms with van der Waals surface area (Å²) in [7, 11) is 0. The van der Waals surface area contributed by atoms with Crippen molar-refractivity contribution >= 4 is 23.3 Å². The van der Waals surface area contributed by atoms with Crippen LogP contribution in [0.25, 0.3) is 11.3 Å². The van der Waals surface area contributed by atoms with Gasteiger partial charge in [-0.05, 0) is 54.8 Å². The second kappa shape index (κ2) is 8.83. The highest BCUT2D eigenvalue weighted by atomic mass is 35.5. The van der Waals surface area contributed by atoms with E-state index in [1.165, 1.54) is 24.3 Å². The van der Waals surface area contributed by atoms with Gasteiger partial charge in [-0.2, -0.15) is 5.10 Å². The van der Waals surface area contributed by atoms with Crippen molar-refractivity contribution in [2.75, 3.05) is 18.0 Å². The van der Waals surface area contributed by atoms with Gasteiger partial charge < -0.3 is 10.2 Å². The third-order valence-corrected chi connectivity index (χ3v) is 5.58. The van der Waals surface area contributed by atoms with Gasteiger partial charge in [0.2, 0.25) is 5.91 Å². The van der Waals surface area contributed by atoms with E-state index in [2.05, 4.69) is 20.4 Å². The molecule has 1 amide bonds. The van der Waals surface area contributed by atoms with Crippen molar-refractivity contribution in [3.63, 3.8) is 0 Å². The molecule has 1 saturated heterocycles. The number of aromatic amines is 1. The van der Waals surface area contributed by atoms with Crippen molar-refractivity contribution in [1.29, 1.82) is 0 Å². The van der Waals surface area contributed by atoms with Crippen molar-refractivity contribution in [3.05, 3.63) is 70.8 Å². The van der Waals surface area contributed by atoms with E-state index in [-0.39, 0.29) is 34.8 Å². The third-order valence-electron chi connectivity index (χ3n) is 5.23. The number of amides is 1. The molecule has 1 aliphatic rings. The predicted molar refractivity (Wildman–Crippen MR) is 112 cm³/mol. The number of H-pyrrole nitrogens is 1. The summed E-state index contributed by atoms with van der Waals surface area (Å²) in [6.45, 7) is 1.42. The number of aromatic nitrogens is 2. The highest BCUT2D eigenvalue weighted by Gasteiger charge is 2.24. The second-order valence-corrected chi connectivity index (χ2v) is 7.78. The lowest BCUT2D eigenvalue weighted by Gasteiger charge is -2.33. The average molecular weight is 431 g/mol. The first kappa shape index (κ1) is 20.3. The van der Waals surface area contributed by atoms with Gasteiger partial charge in [0.15, 0.2) is 5.82 Å². The van der Waals surface area contributed by atoms with Crippen LogP contribution in [0.1, 0.15) is 18.4 Å². The topological polar surface area (TPSA) is 61.0 Å². The highest BCUT2D eigenvalue weighted by molar-refractivity contribution is 6.31. The number of halogens is 3. The molecule has 0 spiro atoms. The molecule has 1 aliphatic heterocycles. The maximum atomic E-state index is 13.9. The van der Waals surface area contributed by atoms with Crippen LogP contribution in [0.15, 0.2) is 48.5 Å². The second-order valence-electron chi connectivity index (χ2n) is 7.38. The minimum atomic E-state index is -0.479. The fraction of sp³-hybridized carbons (Fsp3) is 0.273. The van der Waals surface area contributed by atoms with Crippen LogP contribution in [0.4, 0.5) is 14.6 Å². The molecule has 2 aromatic carbocycles. The molecule has 3 aromatic rings. The predicted octanol–water partition coefficient (Wildman–Crippen LogP) is 4.34. The summed E-state index contributed by atoms with van der Waals surface area (Å²) in [6, 6.07) is 12.4. The molecule has 0 saturated carbocycles. The molecule has 4 rings (SSSR count). The van der Waals surface area contributed by atoms with Gasteiger partial charge in [-0.15, -0.1) is 0 Å². The maximum absolute atomic E-state index is 13.9. The standard InChI is InChI=1S/C22H21ClF2N4O/c23-18-4-1-5-19(25)17(18)11-22(30)26-16-3-2-10-29(13-16)21-12-20(27-28-21)14-6-8-15(24)9-7-14/h1,4-9,12,16H,2-3,10-11,13H2,(H,26,30)(H,27,28). The van der Waals surface area contributed by atoms with Gasteiger partial charge in [0.25, 0.3) is 0 Å². The molecule has 1 atom stereocenters. The molecule has 0 aliphatic carbocycles. The fourth-order valence-electron chi connectivity index (χ4n) is 3.69. The van der Waals surface area contributed by atoms with E-state index in [1.807, 2.05) is 6.07 Å². The van der Waals surface area contributed by atoms with E-state index >= 15 is 0 Å². The molecule has 1 aromatic heterocycles. The minimum Gasteiger partial charge on any atom is -0.353 e. The molecular formula is C22H21ClF2N4O. The van der Waals surface area contributed by atoms with E-state index in [4.69, 9.17) is 11.6 Å². The summed E-state index contributed by atoms with van der Waals surface area (Å²) in [5, 5.41) is 10.6. The number of rotatable bonds is 5. The van der Waals surface area contributed by atoms with Gasteiger partial charge >= 0.3 is 0 Å². The molecule has 5 nitrogen and oxygen atoms in total. The lowest BCUT2D eigenvalue weighted by molar-refractivity contribution is -0.121. The summed E-state index contributed by atoms with van der Waals surface area (Å²) < 4.78 is 27.1. The number of benzene rings is 2. The van der Waals surface area contributed by atoms with Gasteiger partial charge in [0.1, 0.15) is 11.6 Å². The summed E-state index contributed by atoms with van der Waals surface area (Å²) in [6.07, 6.45) is 1.63. The summed E-state index contributed by atoms with van der Waals surface area (Å²) >= 11 is 6.02. The zero-order valence-corrected chi connectivity index (χ0v) is 16.9. The molecule has 30 heavy (non-hydrogen) atoms. The van der Waals surface area contributed by atoms with Crippen LogP contribution in [0.2, 0.25) is 5.02 Å². The number of carbonyl (C=O) groups excluding carboxylic acids is 1. The SMILES string of the molecule is O=C(Cc1c(F)cccc1Cl)NC1CCCN(c2cc(-c3ccc(F)cc3)[nH]n2)C1. The molecule has 156 valence electrons. The first-order valence-corrected chi connectivity index (χ1v) is 10.2. The van der Waals surface area contributed by atoms with Crippen molar-refractivity contribution in [2.45, 2.75) is 25.3 Å². The number of piperidine rings is 1. The van der Waals surface area contributed by atoms with Crippen LogP contribution < -0.4 is 10.2 Å². The largest absolute Gasteiger partial charge is 0.353 e. The summed E-state index contributed by atoms with van der Waals surface area (Å²) in [5.74, 6) is -0.258. The number of hydrogen-bond donors (Lipinski definition) is 2. The van der Waals surface area contributed by atoms with Gasteiger partial charge in [0.05, 0.1) is 12.1 Å². The Labute approximate surface area is 178 Å². The van der Waals surface area contributed by atoms with Gasteiger partial charge in [-0.1, -0.05) is 17.7 Å². The Kier molecular flexibility index (Phi) is 5.99. The molecule has 1 fully saturated rings. The molecule has 2 heterocycles. The zero-order chi connectivity index (χ0) is 21.1. The molecular weight excluding hydrogens is 410 g/mol. The maximum Gasteiger partial charge on any atom is 0.224 e. The van der Waals surface area contributed by atoms with Crippen molar-refractivity contribution in [3.8, 4) is 11.3 Å². The Hall–Kier alpha value is -2.93. The summed E-state index contributed by atoms with van der Waals surface area (Å²) in [5.41, 5.74) is 1.85. The molecule has 2 N–H and O–H groups in total. The van der Waals surface area contributed by atoms with E-state index in [0.717, 1.165) is 36.5 Å². The van der Waals surface area contributed by atoms with Crippen LogP contribution in [-0.4, -0.2) is 35.2 Å². The van der Waals surface area contributed by atoms with Crippen LogP contribution in [0, 0.1) is 11.6 Å². The van der Waals surface area contributed by atoms with Crippen LogP contribution in [-0.2, 0) is 11.2 Å². The normalized spacial score (nSPS) is 16.5. The first-order chi connectivity index (χ1) is 14.5. The molecule has 1 unspecified atom stereocenters. The van der Waals surface area contributed by atoms with Crippen molar-refractivity contribution in [2.24, 2.45) is 0 Å². The van der Waals surface area contributed by atoms with Crippen LogP contribution in [0.5, 0.6) is 0 Å². The van der Waals surface area contributed by atoms with E-state index in [0.29, 0.717) is 6.54 Å². The van der Waals surface area contributed by atoms with Crippen molar-refractivity contribution < 1.29 is 13.6 Å². The molecule has 8 heteroatoms. The Morgan fingerprint density at radius 2 is 2.03 bits per heavy atom. The number of hydrogen-bond acceptors (Lipinski definition) is 3. The van der Waals surface area contributed by atoms with E-state index < -0.39 is 5.82 Å². The van der Waals surface area contributed by atoms with Gasteiger partial charge in [0, 0.05) is 35.8 Å². The number of nitrogens with zero attached hydrogens (tertiary/aromatic N) is 2. The van der Waals surface area contributed by atoms with Crippen LogP contribution in [0.3, 0.4) is 0 Å². The minimum absolute atomic E-state index is 0.0669. The van der Waals surface area contributed by atoms with Gasteiger partial charge in [-0.25, -0.2) is 8.78 Å². The van der Waals surface area contributed by atoms with Crippen molar-refractivity contribution in [1.82, 2.24) is 15.5 Å². The first-order valence-electron chi connectivity index (χ1n) is 9.78. The number of carbonyl (C=O) groups is 1. The summed E-state index contributed by atoms with van der Waals surface area (Å²) in [4.78, 5) is 14.5. The Balaban J connectivity index is 1.39. The van der Waals surface area contributed by atoms with Gasteiger partial charge in [-0.3, -0.25) is 9.89 Å². The average Bonchev–Trinajstić information content (AvgIpc) is 3.22. The molecule has 0 radical (unpaired) electrons. The monoisotopic (exact) mass is 430 g/mol. The Bertz CT molecular complexity index is 1020. The Morgan fingerprint density at radius 1 is 1.23 bits per heavy atom. The van der Waals surface area contributed by atoms with E-state index in [1.54, 1.807) is 18.2 Å². The lowest BCUT2D eigenvalue weighted by Crippen LogP contribution is -2.48. The third kappa shape index (κ3) is 4.62.